The monoisotopic (exact) mass is 268 g/mol. The molecule has 3 saturated heterocycles. The Morgan fingerprint density at radius 2 is 2.00 bits per heavy atom. The van der Waals surface area contributed by atoms with E-state index in [2.05, 4.69) is 5.32 Å². The Morgan fingerprint density at radius 1 is 1.11 bits per heavy atom. The van der Waals surface area contributed by atoms with Gasteiger partial charge in [-0.1, -0.05) is 0 Å². The maximum Gasteiger partial charge on any atom is 0.227 e. The zero-order valence-corrected chi connectivity index (χ0v) is 11.5. The van der Waals surface area contributed by atoms with Gasteiger partial charge in [-0.05, 0) is 32.2 Å². The molecule has 19 heavy (non-hydrogen) atoms. The van der Waals surface area contributed by atoms with Crippen molar-refractivity contribution in [3.05, 3.63) is 0 Å². The van der Waals surface area contributed by atoms with Crippen LogP contribution in [-0.2, 0) is 14.3 Å². The minimum absolute atomic E-state index is 0.0803. The summed E-state index contributed by atoms with van der Waals surface area (Å²) in [7, 11) is 0. The van der Waals surface area contributed by atoms with E-state index in [0.29, 0.717) is 19.1 Å². The molecule has 3 aliphatic heterocycles. The number of hydrogen-bond acceptors (Lipinski definition) is 4. The molecule has 3 fully saturated rings. The van der Waals surface area contributed by atoms with E-state index < -0.39 is 0 Å². The Hall–Kier alpha value is -0.650. The van der Waals surface area contributed by atoms with Gasteiger partial charge in [0.25, 0.3) is 0 Å². The Balaban J connectivity index is 1.56. The molecule has 0 aromatic rings. The second kappa shape index (κ2) is 6.20. The van der Waals surface area contributed by atoms with Gasteiger partial charge >= 0.3 is 0 Å². The molecule has 108 valence electrons. The van der Waals surface area contributed by atoms with Crippen LogP contribution in [0.3, 0.4) is 0 Å². The molecule has 0 aromatic carbocycles. The summed E-state index contributed by atoms with van der Waals surface area (Å²) in [5.74, 6) is 0.468. The lowest BCUT2D eigenvalue weighted by atomic mass is 9.97. The lowest BCUT2D eigenvalue weighted by Gasteiger charge is -2.37. The molecule has 0 aromatic heterocycles. The Morgan fingerprint density at radius 3 is 2.74 bits per heavy atom. The highest BCUT2D eigenvalue weighted by Crippen LogP contribution is 2.22. The van der Waals surface area contributed by atoms with Crippen molar-refractivity contribution in [1.29, 1.82) is 0 Å². The zero-order chi connectivity index (χ0) is 13.1. The fraction of sp³-hybridized carbons (Fsp3) is 0.929. The van der Waals surface area contributed by atoms with Crippen LogP contribution in [0.4, 0.5) is 0 Å². The lowest BCUT2D eigenvalue weighted by Crippen LogP contribution is -2.52. The van der Waals surface area contributed by atoms with Crippen LogP contribution in [0.5, 0.6) is 0 Å². The lowest BCUT2D eigenvalue weighted by molar-refractivity contribution is -0.149. The molecule has 3 heterocycles. The number of amides is 1. The normalized spacial score (nSPS) is 36.4. The number of hydrogen-bond donors (Lipinski definition) is 1. The number of nitrogens with one attached hydrogen (secondary N) is 1. The van der Waals surface area contributed by atoms with Crippen molar-refractivity contribution >= 4 is 5.91 Å². The summed E-state index contributed by atoms with van der Waals surface area (Å²) < 4.78 is 11.5. The predicted molar refractivity (Wildman–Crippen MR) is 70.9 cm³/mol. The first-order chi connectivity index (χ1) is 9.34. The number of rotatable bonds is 2. The largest absolute Gasteiger partial charge is 0.375 e. The summed E-state index contributed by atoms with van der Waals surface area (Å²) in [6, 6.07) is 0. The quantitative estimate of drug-likeness (QED) is 0.787. The SMILES string of the molecule is O=C([C@@H]1CCCNC1)N1CCO[C@H]([C@H]2CCCO2)C1. The van der Waals surface area contributed by atoms with Gasteiger partial charge in [-0.2, -0.15) is 0 Å². The number of morpholine rings is 1. The number of piperidine rings is 1. The number of carbonyl (C=O) groups is 1. The van der Waals surface area contributed by atoms with Crippen LogP contribution < -0.4 is 5.32 Å². The maximum atomic E-state index is 12.5. The molecule has 3 rings (SSSR count). The highest BCUT2D eigenvalue weighted by Gasteiger charge is 2.35. The van der Waals surface area contributed by atoms with Gasteiger partial charge in [0, 0.05) is 26.2 Å². The second-order valence-electron chi connectivity index (χ2n) is 5.79. The third kappa shape index (κ3) is 3.09. The highest BCUT2D eigenvalue weighted by atomic mass is 16.5. The molecule has 0 saturated carbocycles. The summed E-state index contributed by atoms with van der Waals surface area (Å²) in [5, 5.41) is 3.32. The van der Waals surface area contributed by atoms with Gasteiger partial charge in [0.15, 0.2) is 0 Å². The first-order valence-electron chi connectivity index (χ1n) is 7.57. The van der Waals surface area contributed by atoms with Crippen molar-refractivity contribution in [3.8, 4) is 0 Å². The van der Waals surface area contributed by atoms with Gasteiger partial charge in [-0.25, -0.2) is 0 Å². The van der Waals surface area contributed by atoms with Crippen molar-refractivity contribution in [2.75, 3.05) is 39.4 Å². The molecular weight excluding hydrogens is 244 g/mol. The topological polar surface area (TPSA) is 50.8 Å². The van der Waals surface area contributed by atoms with E-state index in [1.165, 1.54) is 0 Å². The van der Waals surface area contributed by atoms with Gasteiger partial charge in [-0.3, -0.25) is 4.79 Å². The third-order valence-electron chi connectivity index (χ3n) is 4.43. The molecule has 0 spiro atoms. The third-order valence-corrected chi connectivity index (χ3v) is 4.43. The van der Waals surface area contributed by atoms with E-state index in [0.717, 1.165) is 51.9 Å². The average molecular weight is 268 g/mol. The van der Waals surface area contributed by atoms with Crippen LogP contribution in [0.2, 0.25) is 0 Å². The predicted octanol–water partition coefficient (Wildman–Crippen LogP) is 0.392. The fourth-order valence-corrected chi connectivity index (χ4v) is 3.32. The molecule has 1 N–H and O–H groups in total. The molecule has 3 aliphatic rings. The van der Waals surface area contributed by atoms with Crippen molar-refractivity contribution in [3.63, 3.8) is 0 Å². The molecular formula is C14H24N2O3. The first-order valence-corrected chi connectivity index (χ1v) is 7.57. The van der Waals surface area contributed by atoms with Crippen molar-refractivity contribution in [2.24, 2.45) is 5.92 Å². The highest BCUT2D eigenvalue weighted by molar-refractivity contribution is 5.79. The molecule has 0 unspecified atom stereocenters. The number of ether oxygens (including phenoxy) is 2. The molecule has 0 radical (unpaired) electrons. The van der Waals surface area contributed by atoms with E-state index in [4.69, 9.17) is 9.47 Å². The number of nitrogens with zero attached hydrogens (tertiary/aromatic N) is 1. The maximum absolute atomic E-state index is 12.5. The van der Waals surface area contributed by atoms with E-state index in [1.54, 1.807) is 0 Å². The van der Waals surface area contributed by atoms with Crippen LogP contribution in [0.25, 0.3) is 0 Å². The molecule has 3 atom stereocenters. The fourth-order valence-electron chi connectivity index (χ4n) is 3.32. The molecule has 5 nitrogen and oxygen atoms in total. The average Bonchev–Trinajstić information content (AvgIpc) is 3.02. The van der Waals surface area contributed by atoms with Gasteiger partial charge in [-0.15, -0.1) is 0 Å². The van der Waals surface area contributed by atoms with Gasteiger partial charge < -0.3 is 19.7 Å². The van der Waals surface area contributed by atoms with E-state index in [-0.39, 0.29) is 18.1 Å². The Bertz CT molecular complexity index is 312. The molecule has 5 heteroatoms. The van der Waals surface area contributed by atoms with Gasteiger partial charge in [0.05, 0.1) is 18.6 Å². The van der Waals surface area contributed by atoms with Crippen LogP contribution >= 0.6 is 0 Å². The summed E-state index contributed by atoms with van der Waals surface area (Å²) in [6.07, 6.45) is 4.59. The second-order valence-corrected chi connectivity index (χ2v) is 5.79. The Kier molecular flexibility index (Phi) is 4.35. The Labute approximate surface area is 114 Å². The van der Waals surface area contributed by atoms with Crippen molar-refractivity contribution in [2.45, 2.75) is 37.9 Å². The molecule has 1 amide bonds. The van der Waals surface area contributed by atoms with Crippen LogP contribution in [0.1, 0.15) is 25.7 Å². The van der Waals surface area contributed by atoms with E-state index in [9.17, 15) is 4.79 Å². The summed E-state index contributed by atoms with van der Waals surface area (Å²) in [6.45, 7) is 4.81. The summed E-state index contributed by atoms with van der Waals surface area (Å²) in [4.78, 5) is 14.5. The van der Waals surface area contributed by atoms with Crippen LogP contribution in [0.15, 0.2) is 0 Å². The van der Waals surface area contributed by atoms with Crippen LogP contribution in [-0.4, -0.2) is 62.4 Å². The zero-order valence-electron chi connectivity index (χ0n) is 11.5. The minimum atomic E-state index is 0.0803. The smallest absolute Gasteiger partial charge is 0.227 e. The molecule has 0 bridgehead atoms. The number of carbonyl (C=O) groups excluding carboxylic acids is 1. The van der Waals surface area contributed by atoms with Gasteiger partial charge in [0.2, 0.25) is 5.91 Å². The van der Waals surface area contributed by atoms with E-state index >= 15 is 0 Å². The standard InChI is InChI=1S/C14H24N2O3/c17-14(11-3-1-5-15-9-11)16-6-8-19-13(10-16)12-4-2-7-18-12/h11-13,15H,1-10H2/t11-,12-,13+/m1/s1. The van der Waals surface area contributed by atoms with Crippen molar-refractivity contribution < 1.29 is 14.3 Å². The minimum Gasteiger partial charge on any atom is -0.375 e. The van der Waals surface area contributed by atoms with Gasteiger partial charge in [0.1, 0.15) is 6.10 Å². The first kappa shape index (κ1) is 13.3. The van der Waals surface area contributed by atoms with Crippen molar-refractivity contribution in [1.82, 2.24) is 10.2 Å². The molecule has 0 aliphatic carbocycles. The van der Waals surface area contributed by atoms with Crippen LogP contribution in [0, 0.1) is 5.92 Å². The summed E-state index contributed by atoms with van der Waals surface area (Å²) in [5.41, 5.74) is 0. The summed E-state index contributed by atoms with van der Waals surface area (Å²) >= 11 is 0. The van der Waals surface area contributed by atoms with E-state index in [1.807, 2.05) is 4.90 Å².